The van der Waals surface area contributed by atoms with Gasteiger partial charge in [-0.3, -0.25) is 0 Å². The van der Waals surface area contributed by atoms with Gasteiger partial charge in [-0.2, -0.15) is 0 Å². The van der Waals surface area contributed by atoms with E-state index in [9.17, 15) is 8.42 Å². The van der Waals surface area contributed by atoms with Crippen molar-refractivity contribution < 1.29 is 8.42 Å². The number of benzene rings is 2. The summed E-state index contributed by atoms with van der Waals surface area (Å²) in [7, 11) is -2.96. The Kier molecular flexibility index (Phi) is 2.05. The first-order chi connectivity index (χ1) is 10.1. The van der Waals surface area contributed by atoms with Crippen LogP contribution in [0.2, 0.25) is 0 Å². The summed E-state index contributed by atoms with van der Waals surface area (Å²) in [5.41, 5.74) is 5.18. The average Bonchev–Trinajstić information content (AvgIpc) is 2.54. The molecular weight excluding hydrogens is 280 g/mol. The van der Waals surface area contributed by atoms with E-state index in [0.29, 0.717) is 5.75 Å². The van der Waals surface area contributed by atoms with Gasteiger partial charge in [-0.15, -0.1) is 0 Å². The maximum Gasteiger partial charge on any atom is 0.157 e. The molecule has 0 N–H and O–H groups in total. The molecule has 106 valence electrons. The average molecular weight is 296 g/mol. The third-order valence-corrected chi connectivity index (χ3v) is 8.44. The number of rotatable bonds is 0. The maximum absolute atomic E-state index is 12.6. The summed E-state index contributed by atoms with van der Waals surface area (Å²) in [6, 6.07) is 16.9. The summed E-state index contributed by atoms with van der Waals surface area (Å²) >= 11 is 0. The third-order valence-electron chi connectivity index (χ3n) is 5.85. The molecule has 1 fully saturated rings. The van der Waals surface area contributed by atoms with Gasteiger partial charge in [0.15, 0.2) is 9.84 Å². The zero-order valence-corrected chi connectivity index (χ0v) is 12.4. The lowest BCUT2D eigenvalue weighted by atomic mass is 9.58. The van der Waals surface area contributed by atoms with E-state index in [-0.39, 0.29) is 11.8 Å². The van der Waals surface area contributed by atoms with Crippen molar-refractivity contribution >= 4 is 9.84 Å². The van der Waals surface area contributed by atoms with Crippen LogP contribution in [-0.2, 0) is 9.84 Å². The van der Waals surface area contributed by atoms with Gasteiger partial charge in [-0.1, -0.05) is 48.5 Å². The molecule has 2 bridgehead atoms. The Bertz CT molecular complexity index is 821. The minimum absolute atomic E-state index is 0.0358. The van der Waals surface area contributed by atoms with Crippen LogP contribution in [0.25, 0.3) is 0 Å². The summed E-state index contributed by atoms with van der Waals surface area (Å²) in [5, 5.41) is 0. The lowest BCUT2D eigenvalue weighted by molar-refractivity contribution is 0.334. The molecule has 3 heteroatoms. The summed E-state index contributed by atoms with van der Waals surface area (Å²) in [5.74, 6) is 0.645. The van der Waals surface area contributed by atoms with Crippen molar-refractivity contribution in [1.82, 2.24) is 0 Å². The van der Waals surface area contributed by atoms with Gasteiger partial charge in [0.05, 0.1) is 10.5 Å². The minimum Gasteiger partial charge on any atom is -0.228 e. The lowest BCUT2D eigenvalue weighted by Gasteiger charge is -2.56. The number of sulfone groups is 1. The number of hydrogen-bond acceptors (Lipinski definition) is 2. The predicted octanol–water partition coefficient (Wildman–Crippen LogP) is 3.22. The van der Waals surface area contributed by atoms with Crippen molar-refractivity contribution in [3.05, 3.63) is 70.8 Å². The fourth-order valence-corrected chi connectivity index (χ4v) is 6.95. The van der Waals surface area contributed by atoms with Gasteiger partial charge >= 0.3 is 0 Å². The molecule has 0 aromatic heterocycles. The topological polar surface area (TPSA) is 34.1 Å². The Morgan fingerprint density at radius 3 is 1.81 bits per heavy atom. The van der Waals surface area contributed by atoms with Crippen LogP contribution in [0.1, 0.15) is 46.9 Å². The molecule has 0 radical (unpaired) electrons. The summed E-state index contributed by atoms with van der Waals surface area (Å²) in [6.45, 7) is 0. The fourth-order valence-electron chi connectivity index (χ4n) is 4.85. The minimum atomic E-state index is -2.96. The van der Waals surface area contributed by atoms with E-state index in [2.05, 4.69) is 36.4 Å². The van der Waals surface area contributed by atoms with Crippen LogP contribution < -0.4 is 0 Å². The monoisotopic (exact) mass is 296 g/mol. The van der Waals surface area contributed by atoms with E-state index >= 15 is 0 Å². The standard InChI is InChI=1S/C18H16O2S/c19-21(20)10-9-18(21)11-16-12-5-1-3-7-14(12)17(18)15-8-4-2-6-13(15)16/h1-8,16-17H,9-11H2/t16?,17?,18-/m0/s1. The van der Waals surface area contributed by atoms with Crippen molar-refractivity contribution in [2.24, 2.45) is 0 Å². The first-order valence-electron chi connectivity index (χ1n) is 7.54. The van der Waals surface area contributed by atoms with Gasteiger partial charge in [0.1, 0.15) is 0 Å². The van der Waals surface area contributed by atoms with E-state index in [1.165, 1.54) is 22.3 Å². The van der Waals surface area contributed by atoms with Crippen molar-refractivity contribution in [2.45, 2.75) is 29.4 Å². The van der Waals surface area contributed by atoms with Crippen molar-refractivity contribution in [3.8, 4) is 0 Å². The van der Waals surface area contributed by atoms with E-state index in [4.69, 9.17) is 0 Å². The highest BCUT2D eigenvalue weighted by atomic mass is 32.2. The van der Waals surface area contributed by atoms with Crippen molar-refractivity contribution in [3.63, 3.8) is 0 Å². The van der Waals surface area contributed by atoms with Crippen molar-refractivity contribution in [1.29, 1.82) is 0 Å². The molecular formula is C18H16O2S. The first kappa shape index (κ1) is 12.0. The Labute approximate surface area is 124 Å². The second-order valence-corrected chi connectivity index (χ2v) is 9.03. The zero-order chi connectivity index (χ0) is 14.2. The molecule has 1 saturated heterocycles. The highest BCUT2D eigenvalue weighted by Gasteiger charge is 2.63. The second kappa shape index (κ2) is 3.58. The smallest absolute Gasteiger partial charge is 0.157 e. The van der Waals surface area contributed by atoms with Crippen LogP contribution in [0.15, 0.2) is 48.5 Å². The maximum atomic E-state index is 12.6. The van der Waals surface area contributed by atoms with Crippen LogP contribution >= 0.6 is 0 Å². The zero-order valence-electron chi connectivity index (χ0n) is 11.6. The molecule has 3 aliphatic carbocycles. The normalized spacial score (nSPS) is 34.1. The molecule has 0 amide bonds. The highest BCUT2D eigenvalue weighted by molar-refractivity contribution is 7.94. The van der Waals surface area contributed by atoms with E-state index in [1.807, 2.05) is 12.1 Å². The quantitative estimate of drug-likeness (QED) is 0.748. The van der Waals surface area contributed by atoms with Crippen LogP contribution in [0.3, 0.4) is 0 Å². The summed E-state index contributed by atoms with van der Waals surface area (Å²) in [6.07, 6.45) is 1.59. The summed E-state index contributed by atoms with van der Waals surface area (Å²) < 4.78 is 24.7. The van der Waals surface area contributed by atoms with Crippen LogP contribution in [0.5, 0.6) is 0 Å². The first-order valence-corrected chi connectivity index (χ1v) is 9.19. The molecule has 1 spiro atoms. The van der Waals surface area contributed by atoms with Gasteiger partial charge in [0.25, 0.3) is 0 Å². The van der Waals surface area contributed by atoms with Gasteiger partial charge < -0.3 is 0 Å². The Morgan fingerprint density at radius 2 is 1.38 bits per heavy atom. The highest BCUT2D eigenvalue weighted by Crippen LogP contribution is 2.63. The van der Waals surface area contributed by atoms with Gasteiger partial charge in [0, 0.05) is 11.8 Å². The molecule has 21 heavy (non-hydrogen) atoms. The molecule has 0 unspecified atom stereocenters. The van der Waals surface area contributed by atoms with Gasteiger partial charge in [0.2, 0.25) is 0 Å². The Balaban J connectivity index is 1.87. The van der Waals surface area contributed by atoms with Gasteiger partial charge in [-0.25, -0.2) is 8.42 Å². The number of hydrogen-bond donors (Lipinski definition) is 0. The fraction of sp³-hybridized carbons (Fsp3) is 0.333. The van der Waals surface area contributed by atoms with E-state index in [1.54, 1.807) is 0 Å². The van der Waals surface area contributed by atoms with Crippen LogP contribution in [-0.4, -0.2) is 18.9 Å². The molecule has 4 aliphatic rings. The molecule has 1 heterocycles. The van der Waals surface area contributed by atoms with E-state index in [0.717, 1.165) is 12.8 Å². The molecule has 2 nitrogen and oxygen atoms in total. The molecule has 2 aromatic carbocycles. The SMILES string of the molecule is O=S1(=O)CC[C@@]12CC1c3ccccc3C2c2ccccc21. The Hall–Kier alpha value is -1.61. The second-order valence-electron chi connectivity index (χ2n) is 6.58. The summed E-state index contributed by atoms with van der Waals surface area (Å²) in [4.78, 5) is 0. The van der Waals surface area contributed by atoms with E-state index < -0.39 is 14.6 Å². The molecule has 1 aliphatic heterocycles. The van der Waals surface area contributed by atoms with Crippen LogP contribution in [0.4, 0.5) is 0 Å². The molecule has 0 saturated carbocycles. The molecule has 6 rings (SSSR count). The Morgan fingerprint density at radius 1 is 0.857 bits per heavy atom. The predicted molar refractivity (Wildman–Crippen MR) is 82.3 cm³/mol. The lowest BCUT2D eigenvalue weighted by Crippen LogP contribution is -2.60. The van der Waals surface area contributed by atoms with Gasteiger partial charge in [-0.05, 0) is 35.1 Å². The molecule has 1 atom stereocenters. The van der Waals surface area contributed by atoms with Crippen molar-refractivity contribution in [2.75, 3.05) is 5.75 Å². The molecule has 2 aromatic rings. The largest absolute Gasteiger partial charge is 0.228 e. The van der Waals surface area contributed by atoms with Crippen LogP contribution in [0, 0.1) is 0 Å². The third kappa shape index (κ3) is 1.23.